The molecule has 1 unspecified atom stereocenters. The number of aryl methyl sites for hydroxylation is 1. The van der Waals surface area contributed by atoms with Gasteiger partial charge in [-0.25, -0.2) is 4.39 Å². The van der Waals surface area contributed by atoms with Crippen LogP contribution in [0.25, 0.3) is 6.08 Å². The van der Waals surface area contributed by atoms with Crippen LogP contribution in [0.4, 0.5) is 4.39 Å². The Balaban J connectivity index is 2.08. The van der Waals surface area contributed by atoms with Crippen LogP contribution in [0.15, 0.2) is 18.2 Å². The number of ether oxygens (including phenoxy) is 3. The fourth-order valence-electron chi connectivity index (χ4n) is 2.60. The molecule has 1 aliphatic heterocycles. The number of hydrogen-bond donors (Lipinski definition) is 0. The second-order valence-corrected chi connectivity index (χ2v) is 6.16. The zero-order valence-corrected chi connectivity index (χ0v) is 15.2. The Morgan fingerprint density at radius 3 is 2.84 bits per heavy atom. The maximum atomic E-state index is 14.1. The molecule has 0 amide bonds. The molecule has 2 atom stereocenters. The molecule has 4 nitrogen and oxygen atoms in total. The number of allylic oxidation sites excluding steroid dienone is 1. The first-order valence-electron chi connectivity index (χ1n) is 8.90. The summed E-state index contributed by atoms with van der Waals surface area (Å²) in [5.74, 6) is -0.440. The second-order valence-electron chi connectivity index (χ2n) is 6.16. The normalized spacial score (nSPS) is 17.7. The Labute approximate surface area is 149 Å². The zero-order valence-electron chi connectivity index (χ0n) is 15.2. The topological polar surface area (TPSA) is 48.1 Å². The second kappa shape index (κ2) is 9.68. The average molecular weight is 350 g/mol. The lowest BCUT2D eigenvalue weighted by molar-refractivity contribution is -0.142. The van der Waals surface area contributed by atoms with Gasteiger partial charge in [0.05, 0.1) is 25.9 Å². The minimum Gasteiger partial charge on any atom is -0.466 e. The molecule has 1 heterocycles. The third-order valence-corrected chi connectivity index (χ3v) is 4.09. The van der Waals surface area contributed by atoms with Gasteiger partial charge < -0.3 is 14.2 Å². The van der Waals surface area contributed by atoms with Gasteiger partial charge in [0.25, 0.3) is 0 Å². The largest absolute Gasteiger partial charge is 0.466 e. The van der Waals surface area contributed by atoms with Crippen LogP contribution >= 0.6 is 0 Å². The van der Waals surface area contributed by atoms with Gasteiger partial charge in [0.15, 0.2) is 0 Å². The van der Waals surface area contributed by atoms with Gasteiger partial charge in [-0.2, -0.15) is 0 Å². The molecular formula is C20H27FO4. The summed E-state index contributed by atoms with van der Waals surface area (Å²) in [4.78, 5) is 11.4. The van der Waals surface area contributed by atoms with E-state index in [-0.39, 0.29) is 24.0 Å². The Kier molecular flexibility index (Phi) is 7.59. The van der Waals surface area contributed by atoms with Gasteiger partial charge in [0, 0.05) is 6.42 Å². The van der Waals surface area contributed by atoms with Crippen LogP contribution < -0.4 is 0 Å². The van der Waals surface area contributed by atoms with E-state index in [1.807, 2.05) is 25.1 Å². The number of hydrogen-bond acceptors (Lipinski definition) is 4. The van der Waals surface area contributed by atoms with Crippen molar-refractivity contribution < 1.29 is 23.4 Å². The summed E-state index contributed by atoms with van der Waals surface area (Å²) in [5.41, 5.74) is 2.35. The molecule has 0 N–H and O–H groups in total. The molecule has 1 aromatic carbocycles. The van der Waals surface area contributed by atoms with Crippen molar-refractivity contribution in [2.24, 2.45) is 0 Å². The summed E-state index contributed by atoms with van der Waals surface area (Å²) in [6.45, 7) is 7.21. The van der Waals surface area contributed by atoms with Gasteiger partial charge in [-0.15, -0.1) is 0 Å². The van der Waals surface area contributed by atoms with E-state index >= 15 is 0 Å². The van der Waals surface area contributed by atoms with Gasteiger partial charge in [-0.3, -0.25) is 4.79 Å². The maximum absolute atomic E-state index is 14.1. The van der Waals surface area contributed by atoms with Crippen molar-refractivity contribution >= 4 is 12.0 Å². The fraction of sp³-hybridized carbons (Fsp3) is 0.550. The van der Waals surface area contributed by atoms with Gasteiger partial charge in [0.2, 0.25) is 0 Å². The molecule has 5 heteroatoms. The van der Waals surface area contributed by atoms with Crippen LogP contribution in [0.3, 0.4) is 0 Å². The van der Waals surface area contributed by atoms with Crippen molar-refractivity contribution in [1.82, 2.24) is 0 Å². The third kappa shape index (κ3) is 6.25. The molecule has 0 aliphatic carbocycles. The summed E-state index contributed by atoms with van der Waals surface area (Å²) < 4.78 is 30.1. The van der Waals surface area contributed by atoms with Gasteiger partial charge in [0.1, 0.15) is 11.9 Å². The summed E-state index contributed by atoms with van der Waals surface area (Å²) in [6.07, 6.45) is 5.52. The average Bonchev–Trinajstić information content (AvgIpc) is 3.40. The van der Waals surface area contributed by atoms with Gasteiger partial charge in [-0.05, 0) is 55.5 Å². The van der Waals surface area contributed by atoms with Crippen LogP contribution in [0.1, 0.15) is 55.9 Å². The SMILES string of the molecule is CCOC(=O)CC/C=C/c1cc(C)c(F)cc1[C@@H](CC)OCC1CO1. The first kappa shape index (κ1) is 19.6. The fourth-order valence-corrected chi connectivity index (χ4v) is 2.60. The van der Waals surface area contributed by atoms with Crippen molar-refractivity contribution in [3.63, 3.8) is 0 Å². The summed E-state index contributed by atoms with van der Waals surface area (Å²) >= 11 is 0. The molecule has 2 rings (SSSR count). The number of carbonyl (C=O) groups is 1. The number of carbonyl (C=O) groups excluding carboxylic acids is 1. The lowest BCUT2D eigenvalue weighted by Crippen LogP contribution is -2.10. The summed E-state index contributed by atoms with van der Waals surface area (Å²) in [7, 11) is 0. The molecule has 1 aromatic rings. The van der Waals surface area contributed by atoms with Crippen molar-refractivity contribution in [3.8, 4) is 0 Å². The summed E-state index contributed by atoms with van der Waals surface area (Å²) in [5, 5.41) is 0. The van der Waals surface area contributed by atoms with Crippen LogP contribution in [0, 0.1) is 12.7 Å². The molecule has 25 heavy (non-hydrogen) atoms. The van der Waals surface area contributed by atoms with E-state index in [2.05, 4.69) is 0 Å². The highest BCUT2D eigenvalue weighted by atomic mass is 19.1. The third-order valence-electron chi connectivity index (χ3n) is 4.09. The van der Waals surface area contributed by atoms with Crippen molar-refractivity contribution in [2.75, 3.05) is 19.8 Å². The Morgan fingerprint density at radius 1 is 1.44 bits per heavy atom. The number of rotatable bonds is 10. The Hall–Kier alpha value is -1.72. The number of epoxide rings is 1. The molecule has 0 bridgehead atoms. The molecule has 1 saturated heterocycles. The van der Waals surface area contributed by atoms with E-state index in [4.69, 9.17) is 14.2 Å². The lowest BCUT2D eigenvalue weighted by Gasteiger charge is -2.19. The van der Waals surface area contributed by atoms with E-state index in [1.165, 1.54) is 0 Å². The molecule has 0 radical (unpaired) electrons. The van der Waals surface area contributed by atoms with Gasteiger partial charge >= 0.3 is 5.97 Å². The lowest BCUT2D eigenvalue weighted by atomic mass is 9.97. The highest BCUT2D eigenvalue weighted by Crippen LogP contribution is 2.29. The van der Waals surface area contributed by atoms with E-state index in [9.17, 15) is 9.18 Å². The Bertz CT molecular complexity index is 608. The standard InChI is InChI=1S/C20H27FO4/c1-4-19(25-13-16-12-24-16)17-11-18(21)14(3)10-15(17)8-6-7-9-20(22)23-5-2/h6,8,10-11,16,19H,4-5,7,9,12-13H2,1-3H3/b8-6+/t16?,19-/m1/s1. The number of halogens is 1. The monoisotopic (exact) mass is 350 g/mol. The maximum Gasteiger partial charge on any atom is 0.306 e. The predicted octanol–water partition coefficient (Wildman–Crippen LogP) is 4.36. The quantitative estimate of drug-likeness (QED) is 0.465. The highest BCUT2D eigenvalue weighted by Gasteiger charge is 2.25. The van der Waals surface area contributed by atoms with E-state index < -0.39 is 0 Å². The summed E-state index contributed by atoms with van der Waals surface area (Å²) in [6, 6.07) is 3.38. The number of benzene rings is 1. The van der Waals surface area contributed by atoms with Crippen molar-refractivity contribution in [3.05, 3.63) is 40.7 Å². The molecule has 0 aromatic heterocycles. The van der Waals surface area contributed by atoms with Crippen LogP contribution in [-0.4, -0.2) is 31.9 Å². The molecule has 1 fully saturated rings. The van der Waals surface area contributed by atoms with Crippen LogP contribution in [0.2, 0.25) is 0 Å². The molecular weight excluding hydrogens is 323 g/mol. The zero-order chi connectivity index (χ0) is 18.2. The first-order chi connectivity index (χ1) is 12.0. The van der Waals surface area contributed by atoms with Crippen molar-refractivity contribution in [2.45, 2.75) is 52.2 Å². The molecule has 0 saturated carbocycles. The first-order valence-corrected chi connectivity index (χ1v) is 8.90. The van der Waals surface area contributed by atoms with Crippen molar-refractivity contribution in [1.29, 1.82) is 0 Å². The molecule has 1 aliphatic rings. The predicted molar refractivity (Wildman–Crippen MR) is 94.8 cm³/mol. The minimum absolute atomic E-state index is 0.174. The van der Waals surface area contributed by atoms with E-state index in [1.54, 1.807) is 19.9 Å². The van der Waals surface area contributed by atoms with Crippen LogP contribution in [0.5, 0.6) is 0 Å². The number of esters is 1. The van der Waals surface area contributed by atoms with Crippen LogP contribution in [-0.2, 0) is 19.0 Å². The minimum atomic E-state index is -0.233. The Morgan fingerprint density at radius 2 is 2.20 bits per heavy atom. The van der Waals surface area contributed by atoms with Gasteiger partial charge in [-0.1, -0.05) is 19.1 Å². The molecule has 138 valence electrons. The van der Waals surface area contributed by atoms with E-state index in [0.29, 0.717) is 31.6 Å². The van der Waals surface area contributed by atoms with E-state index in [0.717, 1.165) is 24.2 Å². The smallest absolute Gasteiger partial charge is 0.306 e. The highest BCUT2D eigenvalue weighted by molar-refractivity contribution is 5.69. The molecule has 0 spiro atoms.